The van der Waals surface area contributed by atoms with Crippen molar-refractivity contribution in [2.45, 2.75) is 25.7 Å². The SMILES string of the molecule is c1ccc2c(c1)nc1n(-c3ccc4oc5c(-c6cc7ccc6CCc6ccc(cc6)CC7)nccc5c4c3)c3ccccc3n21. The maximum absolute atomic E-state index is 6.65. The molecule has 4 aromatic heterocycles. The van der Waals surface area contributed by atoms with Crippen molar-refractivity contribution in [1.82, 2.24) is 18.9 Å². The van der Waals surface area contributed by atoms with Gasteiger partial charge in [-0.05, 0) is 103 Å². The predicted molar refractivity (Wildman–Crippen MR) is 181 cm³/mol. The first-order valence-electron chi connectivity index (χ1n) is 15.7. The zero-order chi connectivity index (χ0) is 29.5. The van der Waals surface area contributed by atoms with Crippen molar-refractivity contribution in [1.29, 1.82) is 0 Å². The van der Waals surface area contributed by atoms with E-state index in [2.05, 4.69) is 118 Å². The first kappa shape index (κ1) is 24.7. The number of para-hydroxylation sites is 4. The highest BCUT2D eigenvalue weighted by molar-refractivity contribution is 6.09. The standard InChI is InChI=1S/C40H28N4O/c1-2-6-34-33(5-1)42-40-43(35-7-3-4-8-36(35)44(34)40)29-19-20-37-32(24-29)30-21-22-41-38(39(30)45-37)31-23-27-14-13-25-9-11-26(12-10-25)15-17-28(31)18-16-27/h1-12,16,18-24H,13-15,17H2. The minimum Gasteiger partial charge on any atom is -0.454 e. The molecule has 5 heteroatoms. The Hall–Kier alpha value is -5.68. The highest BCUT2D eigenvalue weighted by atomic mass is 16.3. The fourth-order valence-corrected chi connectivity index (χ4v) is 7.29. The molecule has 13 rings (SSSR count). The van der Waals surface area contributed by atoms with E-state index in [0.29, 0.717) is 0 Å². The van der Waals surface area contributed by atoms with Crippen LogP contribution in [0.4, 0.5) is 0 Å². The first-order chi connectivity index (χ1) is 22.3. The zero-order valence-electron chi connectivity index (χ0n) is 24.6. The van der Waals surface area contributed by atoms with Crippen LogP contribution < -0.4 is 0 Å². The first-order valence-corrected chi connectivity index (χ1v) is 15.7. The van der Waals surface area contributed by atoms with Crippen LogP contribution in [0.5, 0.6) is 0 Å². The normalized spacial score (nSPS) is 13.4. The molecule has 0 aliphatic heterocycles. The van der Waals surface area contributed by atoms with E-state index in [1.54, 1.807) is 0 Å². The monoisotopic (exact) mass is 580 g/mol. The van der Waals surface area contributed by atoms with Gasteiger partial charge in [-0.3, -0.25) is 14.0 Å². The smallest absolute Gasteiger partial charge is 0.220 e. The molecule has 214 valence electrons. The van der Waals surface area contributed by atoms with Gasteiger partial charge < -0.3 is 4.42 Å². The third kappa shape index (κ3) is 3.74. The molecule has 0 saturated heterocycles. The van der Waals surface area contributed by atoms with E-state index in [1.165, 1.54) is 27.8 Å². The summed E-state index contributed by atoms with van der Waals surface area (Å²) in [7, 11) is 0. The van der Waals surface area contributed by atoms with Crippen LogP contribution in [-0.4, -0.2) is 18.9 Å². The number of benzene rings is 5. The molecule has 0 N–H and O–H groups in total. The molecule has 45 heavy (non-hydrogen) atoms. The van der Waals surface area contributed by atoms with E-state index >= 15 is 0 Å². The number of imidazole rings is 2. The summed E-state index contributed by atoms with van der Waals surface area (Å²) in [5.41, 5.74) is 14.6. The Bertz CT molecular complexity index is 2600. The van der Waals surface area contributed by atoms with Crippen LogP contribution in [0.25, 0.3) is 66.7 Å². The summed E-state index contributed by atoms with van der Waals surface area (Å²) in [4.78, 5) is 10.0. The van der Waals surface area contributed by atoms with Gasteiger partial charge in [-0.2, -0.15) is 0 Å². The number of fused-ring (bicyclic) bond motifs is 8. The molecule has 0 unspecified atom stereocenters. The van der Waals surface area contributed by atoms with Crippen molar-refractivity contribution in [2.75, 3.05) is 0 Å². The van der Waals surface area contributed by atoms with E-state index in [-0.39, 0.29) is 0 Å². The fraction of sp³-hybridized carbons (Fsp3) is 0.100. The molecule has 0 radical (unpaired) electrons. The maximum Gasteiger partial charge on any atom is 0.220 e. The number of hydrogen-bond donors (Lipinski definition) is 0. The molecule has 0 fully saturated rings. The van der Waals surface area contributed by atoms with Crippen LogP contribution in [-0.2, 0) is 25.7 Å². The molecule has 0 saturated carbocycles. The summed E-state index contributed by atoms with van der Waals surface area (Å²) in [6.45, 7) is 0. The van der Waals surface area contributed by atoms with Crippen molar-refractivity contribution in [3.05, 3.63) is 144 Å². The quantitative estimate of drug-likeness (QED) is 0.205. The van der Waals surface area contributed by atoms with Gasteiger partial charge in [0, 0.05) is 22.5 Å². The number of furan rings is 1. The summed E-state index contributed by atoms with van der Waals surface area (Å²) in [6.07, 6.45) is 5.90. The minimum atomic E-state index is 0.840. The number of nitrogens with zero attached hydrogens (tertiary/aromatic N) is 4. The Balaban J connectivity index is 1.16. The second-order valence-corrected chi connectivity index (χ2v) is 12.2. The van der Waals surface area contributed by atoms with E-state index < -0.39 is 0 Å². The van der Waals surface area contributed by atoms with Crippen LogP contribution in [0.2, 0.25) is 0 Å². The van der Waals surface area contributed by atoms with Crippen molar-refractivity contribution in [2.24, 2.45) is 0 Å². The van der Waals surface area contributed by atoms with Crippen LogP contribution in [0.15, 0.2) is 126 Å². The lowest BCUT2D eigenvalue weighted by molar-refractivity contribution is 0.668. The molecule has 0 spiro atoms. The van der Waals surface area contributed by atoms with E-state index in [0.717, 1.165) is 86.8 Å². The number of pyridine rings is 1. The Morgan fingerprint density at radius 3 is 2.20 bits per heavy atom. The van der Waals surface area contributed by atoms with Gasteiger partial charge in [0.2, 0.25) is 5.78 Å². The van der Waals surface area contributed by atoms with Gasteiger partial charge in [-0.25, -0.2) is 4.98 Å². The third-order valence-corrected chi connectivity index (χ3v) is 9.57. The molecule has 4 heterocycles. The average molecular weight is 581 g/mol. The van der Waals surface area contributed by atoms with Crippen molar-refractivity contribution >= 4 is 49.8 Å². The molecule has 4 bridgehead atoms. The molecular formula is C40H28N4O. The van der Waals surface area contributed by atoms with E-state index in [1.807, 2.05) is 12.3 Å². The molecule has 4 aliphatic rings. The molecular weight excluding hydrogens is 552 g/mol. The van der Waals surface area contributed by atoms with Gasteiger partial charge in [0.1, 0.15) is 11.3 Å². The van der Waals surface area contributed by atoms with Crippen LogP contribution >= 0.6 is 0 Å². The van der Waals surface area contributed by atoms with Crippen molar-refractivity contribution in [3.63, 3.8) is 0 Å². The highest BCUT2D eigenvalue weighted by Crippen LogP contribution is 2.38. The Kier molecular flexibility index (Phi) is 5.17. The van der Waals surface area contributed by atoms with Gasteiger partial charge in [0.25, 0.3) is 0 Å². The molecule has 5 aromatic carbocycles. The largest absolute Gasteiger partial charge is 0.454 e. The van der Waals surface area contributed by atoms with Gasteiger partial charge in [-0.1, -0.05) is 60.7 Å². The Labute approximate surface area is 259 Å². The van der Waals surface area contributed by atoms with Gasteiger partial charge >= 0.3 is 0 Å². The van der Waals surface area contributed by atoms with Crippen LogP contribution in [0, 0.1) is 0 Å². The number of hydrogen-bond acceptors (Lipinski definition) is 3. The lowest BCUT2D eigenvalue weighted by atomic mass is 9.91. The predicted octanol–water partition coefficient (Wildman–Crippen LogP) is 9.28. The number of aromatic nitrogens is 4. The zero-order valence-corrected chi connectivity index (χ0v) is 24.6. The second-order valence-electron chi connectivity index (χ2n) is 12.2. The Morgan fingerprint density at radius 2 is 1.33 bits per heavy atom. The molecule has 9 aromatic rings. The molecule has 0 amide bonds. The van der Waals surface area contributed by atoms with E-state index in [4.69, 9.17) is 14.4 Å². The topological polar surface area (TPSA) is 48.3 Å². The average Bonchev–Trinajstić information content (AvgIpc) is 3.74. The van der Waals surface area contributed by atoms with Gasteiger partial charge in [-0.15, -0.1) is 0 Å². The summed E-state index contributed by atoms with van der Waals surface area (Å²) in [6, 6.07) is 41.5. The lowest BCUT2D eigenvalue weighted by Gasteiger charge is -2.14. The molecule has 4 aliphatic carbocycles. The van der Waals surface area contributed by atoms with Gasteiger partial charge in [0.05, 0.1) is 27.8 Å². The highest BCUT2D eigenvalue weighted by Gasteiger charge is 2.20. The second kappa shape index (κ2) is 9.41. The van der Waals surface area contributed by atoms with E-state index in [9.17, 15) is 0 Å². The summed E-state index contributed by atoms with van der Waals surface area (Å²) < 4.78 is 11.2. The molecule has 0 atom stereocenters. The fourth-order valence-electron chi connectivity index (χ4n) is 7.29. The van der Waals surface area contributed by atoms with Crippen LogP contribution in [0.3, 0.4) is 0 Å². The van der Waals surface area contributed by atoms with Crippen molar-refractivity contribution in [3.8, 4) is 16.9 Å². The summed E-state index contributed by atoms with van der Waals surface area (Å²) >= 11 is 0. The lowest BCUT2D eigenvalue weighted by Crippen LogP contribution is -2.01. The maximum atomic E-state index is 6.65. The minimum absolute atomic E-state index is 0.840. The Morgan fingerprint density at radius 1 is 0.600 bits per heavy atom. The number of rotatable bonds is 2. The van der Waals surface area contributed by atoms with Crippen LogP contribution in [0.1, 0.15) is 22.3 Å². The van der Waals surface area contributed by atoms with Crippen molar-refractivity contribution < 1.29 is 4.42 Å². The summed E-state index contributed by atoms with van der Waals surface area (Å²) in [5.74, 6) is 0.899. The number of aryl methyl sites for hydroxylation is 4. The van der Waals surface area contributed by atoms with Gasteiger partial charge in [0.15, 0.2) is 5.58 Å². The summed E-state index contributed by atoms with van der Waals surface area (Å²) in [5, 5.41) is 2.15. The third-order valence-electron chi connectivity index (χ3n) is 9.57. The molecule has 5 nitrogen and oxygen atoms in total.